The van der Waals surface area contributed by atoms with Crippen LogP contribution in [0.15, 0.2) is 11.4 Å². The molecule has 1 aromatic carbocycles. The molecule has 29 heavy (non-hydrogen) atoms. The number of urea groups is 1. The number of hydrogen-bond donors (Lipinski definition) is 4. The van der Waals surface area contributed by atoms with Crippen LogP contribution in [-0.4, -0.2) is 36.4 Å². The van der Waals surface area contributed by atoms with Gasteiger partial charge >= 0.3 is 6.03 Å². The lowest BCUT2D eigenvalue weighted by Crippen LogP contribution is -2.47. The zero-order valence-electron chi connectivity index (χ0n) is 15.7. The molecule has 1 aromatic heterocycles. The zero-order chi connectivity index (χ0) is 21.4. The molecule has 0 fully saturated rings. The van der Waals surface area contributed by atoms with Crippen molar-refractivity contribution in [2.75, 3.05) is 20.1 Å². The van der Waals surface area contributed by atoms with Crippen LogP contribution in [-0.2, 0) is 6.61 Å². The second kappa shape index (κ2) is 10.6. The van der Waals surface area contributed by atoms with Crippen LogP contribution in [0.5, 0.6) is 5.88 Å². The number of hydrogen-bond acceptors (Lipinski definition) is 6. The van der Waals surface area contributed by atoms with E-state index in [1.54, 1.807) is 7.05 Å². The summed E-state index contributed by atoms with van der Waals surface area (Å²) in [5.74, 6) is -4.45. The Kier molecular flexibility index (Phi) is 8.21. The summed E-state index contributed by atoms with van der Waals surface area (Å²) in [6, 6.07) is 0.240. The molecule has 0 radical (unpaired) electrons. The van der Waals surface area contributed by atoms with Gasteiger partial charge in [0.25, 0.3) is 5.91 Å². The van der Waals surface area contributed by atoms with Crippen LogP contribution >= 0.6 is 11.5 Å². The molecule has 3 amide bonds. The van der Waals surface area contributed by atoms with Crippen LogP contribution in [0.1, 0.15) is 27.9 Å². The number of aromatic nitrogens is 1. The van der Waals surface area contributed by atoms with Crippen LogP contribution < -0.4 is 26.2 Å². The van der Waals surface area contributed by atoms with Gasteiger partial charge in [-0.05, 0) is 50.1 Å². The van der Waals surface area contributed by atoms with Gasteiger partial charge < -0.3 is 15.4 Å². The summed E-state index contributed by atoms with van der Waals surface area (Å²) in [6.07, 6.45) is 0.705. The number of carbonyl (C=O) groups excluding carboxylic acids is 2. The Labute approximate surface area is 169 Å². The molecule has 0 aliphatic heterocycles. The van der Waals surface area contributed by atoms with Gasteiger partial charge in [-0.15, -0.1) is 0 Å². The van der Waals surface area contributed by atoms with Gasteiger partial charge in [0.2, 0.25) is 5.88 Å². The molecule has 0 spiro atoms. The van der Waals surface area contributed by atoms with Gasteiger partial charge in [0, 0.05) is 11.9 Å². The third-order valence-electron chi connectivity index (χ3n) is 3.75. The number of halogens is 3. The van der Waals surface area contributed by atoms with Gasteiger partial charge in [-0.1, -0.05) is 0 Å². The smallest absolute Gasteiger partial charge is 0.333 e. The molecule has 12 heteroatoms. The van der Waals surface area contributed by atoms with Crippen LogP contribution in [0.4, 0.5) is 18.0 Å². The maximum absolute atomic E-state index is 13.9. The number of nitrogens with one attached hydrogen (secondary N) is 4. The Bertz CT molecular complexity index is 878. The summed E-state index contributed by atoms with van der Waals surface area (Å²) in [7, 11) is 1.78. The monoisotopic (exact) mass is 431 g/mol. The van der Waals surface area contributed by atoms with Gasteiger partial charge in [-0.3, -0.25) is 10.2 Å². The third-order valence-corrected chi connectivity index (χ3v) is 4.36. The second-order valence-corrected chi connectivity index (χ2v) is 6.53. The Morgan fingerprint density at radius 3 is 2.66 bits per heavy atom. The van der Waals surface area contributed by atoms with Gasteiger partial charge in [-0.2, -0.15) is 4.37 Å². The van der Waals surface area contributed by atoms with Crippen molar-refractivity contribution in [2.24, 2.45) is 0 Å². The average Bonchev–Trinajstić information content (AvgIpc) is 3.16. The van der Waals surface area contributed by atoms with E-state index >= 15 is 0 Å². The molecule has 0 saturated heterocycles. The highest BCUT2D eigenvalue weighted by Gasteiger charge is 2.20. The minimum atomic E-state index is -1.36. The molecule has 2 aromatic rings. The number of nitrogens with zero attached hydrogens (tertiary/aromatic N) is 1. The fourth-order valence-corrected chi connectivity index (χ4v) is 2.81. The number of ether oxygens (including phenoxy) is 1. The Hall–Kier alpha value is -2.86. The van der Waals surface area contributed by atoms with E-state index in [0.29, 0.717) is 13.0 Å². The zero-order valence-corrected chi connectivity index (χ0v) is 16.5. The molecule has 0 bridgehead atoms. The summed E-state index contributed by atoms with van der Waals surface area (Å²) in [5.41, 5.74) is 3.48. The summed E-state index contributed by atoms with van der Waals surface area (Å²) in [5, 5.41) is 6.79. The molecule has 0 unspecified atom stereocenters. The van der Waals surface area contributed by atoms with Crippen molar-refractivity contribution in [1.82, 2.24) is 25.9 Å². The topological polar surface area (TPSA) is 104 Å². The Balaban J connectivity index is 1.93. The molecular formula is C17H20F3N5O3S. The first kappa shape index (κ1) is 22.4. The third kappa shape index (κ3) is 6.06. The minimum Gasteiger partial charge on any atom is -0.471 e. The first-order valence-corrected chi connectivity index (χ1v) is 9.37. The van der Waals surface area contributed by atoms with E-state index in [2.05, 4.69) is 25.9 Å². The second-order valence-electron chi connectivity index (χ2n) is 5.90. The lowest BCUT2D eigenvalue weighted by Gasteiger charge is -2.11. The normalized spacial score (nSPS) is 10.5. The molecule has 0 aliphatic rings. The quantitative estimate of drug-likeness (QED) is 0.291. The number of hydrazine groups is 1. The largest absolute Gasteiger partial charge is 0.471 e. The van der Waals surface area contributed by atoms with E-state index in [-0.39, 0.29) is 17.0 Å². The van der Waals surface area contributed by atoms with E-state index in [1.165, 1.54) is 12.3 Å². The SMILES string of the molecule is CNCCCNC(=O)NNC(=O)c1csnc1OCc1c(F)cc(C)c(F)c1F. The molecule has 0 aliphatic carbocycles. The highest BCUT2D eigenvalue weighted by molar-refractivity contribution is 7.04. The average molecular weight is 431 g/mol. The molecule has 8 nitrogen and oxygen atoms in total. The number of benzene rings is 1. The van der Waals surface area contributed by atoms with E-state index in [0.717, 1.165) is 24.1 Å². The van der Waals surface area contributed by atoms with Gasteiger partial charge in [0.05, 0.1) is 5.56 Å². The van der Waals surface area contributed by atoms with Crippen LogP contribution in [0.3, 0.4) is 0 Å². The predicted molar refractivity (Wildman–Crippen MR) is 100 cm³/mol. The van der Waals surface area contributed by atoms with E-state index < -0.39 is 41.6 Å². The standard InChI is InChI=1S/C17H20F3N5O3S/c1-9-6-12(18)10(14(20)13(9)19)7-28-16-11(8-29-25-16)15(26)23-24-17(27)22-5-3-4-21-2/h6,8,21H,3-5,7H2,1-2H3,(H,23,26)(H2,22,24,27). The lowest BCUT2D eigenvalue weighted by molar-refractivity contribution is 0.0931. The van der Waals surface area contributed by atoms with E-state index in [4.69, 9.17) is 4.74 Å². The highest BCUT2D eigenvalue weighted by Crippen LogP contribution is 2.24. The molecule has 0 saturated carbocycles. The molecule has 1 heterocycles. The minimum absolute atomic E-state index is 0.0566. The van der Waals surface area contributed by atoms with Crippen molar-refractivity contribution in [3.63, 3.8) is 0 Å². The van der Waals surface area contributed by atoms with Crippen molar-refractivity contribution in [1.29, 1.82) is 0 Å². The maximum atomic E-state index is 13.9. The highest BCUT2D eigenvalue weighted by atomic mass is 32.1. The van der Waals surface area contributed by atoms with Crippen LogP contribution in [0, 0.1) is 24.4 Å². The van der Waals surface area contributed by atoms with Crippen LogP contribution in [0.25, 0.3) is 0 Å². The number of amides is 3. The number of carbonyl (C=O) groups is 2. The fourth-order valence-electron chi connectivity index (χ4n) is 2.20. The molecule has 158 valence electrons. The van der Waals surface area contributed by atoms with Gasteiger partial charge in [-0.25, -0.2) is 23.4 Å². The maximum Gasteiger partial charge on any atom is 0.333 e. The van der Waals surface area contributed by atoms with Crippen molar-refractivity contribution in [3.8, 4) is 5.88 Å². The van der Waals surface area contributed by atoms with Crippen molar-refractivity contribution < 1.29 is 27.5 Å². The summed E-state index contributed by atoms with van der Waals surface area (Å²) < 4.78 is 50.5. The summed E-state index contributed by atoms with van der Waals surface area (Å²) >= 11 is 0.865. The number of aryl methyl sites for hydroxylation is 1. The Morgan fingerprint density at radius 1 is 1.17 bits per heavy atom. The Morgan fingerprint density at radius 2 is 1.93 bits per heavy atom. The number of rotatable bonds is 8. The van der Waals surface area contributed by atoms with Crippen molar-refractivity contribution >= 4 is 23.5 Å². The molecular weight excluding hydrogens is 411 g/mol. The van der Waals surface area contributed by atoms with Gasteiger partial charge in [0.1, 0.15) is 18.0 Å². The summed E-state index contributed by atoms with van der Waals surface area (Å²) in [6.45, 7) is 1.69. The predicted octanol–water partition coefficient (Wildman–Crippen LogP) is 2.00. The molecule has 2 rings (SSSR count). The first-order chi connectivity index (χ1) is 13.8. The summed E-state index contributed by atoms with van der Waals surface area (Å²) in [4.78, 5) is 23.8. The molecule has 0 atom stereocenters. The van der Waals surface area contributed by atoms with E-state index in [1.807, 2.05) is 0 Å². The van der Waals surface area contributed by atoms with Gasteiger partial charge in [0.15, 0.2) is 11.6 Å². The molecule has 4 N–H and O–H groups in total. The fraction of sp³-hybridized carbons (Fsp3) is 0.353. The van der Waals surface area contributed by atoms with E-state index in [9.17, 15) is 22.8 Å². The van der Waals surface area contributed by atoms with Crippen LogP contribution in [0.2, 0.25) is 0 Å². The van der Waals surface area contributed by atoms with Crippen molar-refractivity contribution in [2.45, 2.75) is 20.0 Å². The first-order valence-electron chi connectivity index (χ1n) is 8.54. The lowest BCUT2D eigenvalue weighted by atomic mass is 10.1. The van der Waals surface area contributed by atoms with Crippen molar-refractivity contribution in [3.05, 3.63) is 45.6 Å².